The second-order valence-corrected chi connectivity index (χ2v) is 8.60. The Kier molecular flexibility index (Phi) is 8.11. The van der Waals surface area contributed by atoms with Gasteiger partial charge in [0.25, 0.3) is 0 Å². The fraction of sp³-hybridized carbons (Fsp3) is 0.273. The Balaban J connectivity index is 1.69. The Bertz CT molecular complexity index is 1090. The van der Waals surface area contributed by atoms with Crippen molar-refractivity contribution in [3.8, 4) is 5.75 Å². The molecule has 0 aliphatic carbocycles. The number of amidine groups is 1. The molecule has 0 bridgehead atoms. The van der Waals surface area contributed by atoms with E-state index in [4.69, 9.17) is 16.3 Å². The number of carbonyl (C=O) groups is 3. The Morgan fingerprint density at radius 3 is 2.44 bits per heavy atom. The van der Waals surface area contributed by atoms with Crippen LogP contribution >= 0.6 is 23.4 Å². The molecule has 1 aliphatic heterocycles. The topological polar surface area (TPSA) is 97.3 Å². The summed E-state index contributed by atoms with van der Waals surface area (Å²) in [4.78, 5) is 42.7. The average Bonchev–Trinajstić information content (AvgIpc) is 2.77. The molecule has 0 spiro atoms. The number of amides is 2. The van der Waals surface area contributed by atoms with Crippen LogP contribution in [0.1, 0.15) is 23.7 Å². The molecule has 1 fully saturated rings. The molecule has 2 aromatic carbocycles. The molecule has 2 amide bonds. The zero-order valence-electron chi connectivity index (χ0n) is 18.1. The molecule has 1 heterocycles. The monoisotopic (exact) mass is 511 g/mol. The number of thioether (sulfide) groups is 1. The molecule has 0 saturated carbocycles. The van der Waals surface area contributed by atoms with Crippen LogP contribution in [0.3, 0.4) is 0 Å². The third-order valence-electron chi connectivity index (χ3n) is 4.52. The number of nitrogens with one attached hydrogen (secondary N) is 1. The number of esters is 1. The molecule has 34 heavy (non-hydrogen) atoms. The van der Waals surface area contributed by atoms with Crippen LogP contribution in [-0.4, -0.2) is 52.3 Å². The second kappa shape index (κ2) is 10.8. The van der Waals surface area contributed by atoms with Gasteiger partial charge in [-0.2, -0.15) is 0 Å². The lowest BCUT2D eigenvalue weighted by atomic mass is 10.2. The molecule has 1 atom stereocenters. The number of aliphatic imine (C=N–C) groups is 1. The van der Waals surface area contributed by atoms with Gasteiger partial charge in [0.2, 0.25) is 11.8 Å². The van der Waals surface area contributed by atoms with Gasteiger partial charge in [0.15, 0.2) is 5.17 Å². The smallest absolute Gasteiger partial charge is 0.462 e. The van der Waals surface area contributed by atoms with E-state index in [1.165, 1.54) is 29.2 Å². The van der Waals surface area contributed by atoms with Gasteiger partial charge < -0.3 is 14.8 Å². The van der Waals surface area contributed by atoms with Gasteiger partial charge >= 0.3 is 11.5 Å². The first-order valence-corrected chi connectivity index (χ1v) is 11.3. The predicted molar refractivity (Wildman–Crippen MR) is 125 cm³/mol. The van der Waals surface area contributed by atoms with Crippen molar-refractivity contribution in [3.63, 3.8) is 0 Å². The van der Waals surface area contributed by atoms with Crippen molar-refractivity contribution >= 4 is 57.7 Å². The largest absolute Gasteiger partial charge is 0.487 e. The fourth-order valence-corrected chi connectivity index (χ4v) is 4.01. The zero-order chi connectivity index (χ0) is 24.9. The Hall–Kier alpha value is -3.18. The van der Waals surface area contributed by atoms with Crippen molar-refractivity contribution in [2.75, 3.05) is 19.0 Å². The quantitative estimate of drug-likeness (QED) is 0.430. The second-order valence-electron chi connectivity index (χ2n) is 6.99. The highest BCUT2D eigenvalue weighted by Gasteiger charge is 2.34. The summed E-state index contributed by atoms with van der Waals surface area (Å²) in [6.07, 6.45) is -0.0481. The van der Waals surface area contributed by atoms with Crippen molar-refractivity contribution in [3.05, 3.63) is 54.1 Å². The van der Waals surface area contributed by atoms with Gasteiger partial charge in [-0.15, -0.1) is 8.78 Å². The molecule has 1 saturated heterocycles. The summed E-state index contributed by atoms with van der Waals surface area (Å²) < 4.78 is 34.6. The fourth-order valence-electron chi connectivity index (χ4n) is 2.86. The van der Waals surface area contributed by atoms with E-state index in [9.17, 15) is 23.2 Å². The molecule has 3 rings (SSSR count). The van der Waals surface area contributed by atoms with Gasteiger partial charge in [0.1, 0.15) is 11.0 Å². The number of ether oxygens (including phenoxy) is 2. The molecule has 0 radical (unpaired) electrons. The predicted octanol–water partition coefficient (Wildman–Crippen LogP) is 4.62. The average molecular weight is 512 g/mol. The molecule has 8 nitrogen and oxygen atoms in total. The number of benzene rings is 2. The molecule has 1 aliphatic rings. The van der Waals surface area contributed by atoms with Crippen LogP contribution in [0.2, 0.25) is 0 Å². The van der Waals surface area contributed by atoms with Crippen molar-refractivity contribution in [2.24, 2.45) is 4.99 Å². The van der Waals surface area contributed by atoms with Crippen LogP contribution in [-0.2, 0) is 14.3 Å². The summed E-state index contributed by atoms with van der Waals surface area (Å²) in [6, 6.07) is 11.5. The summed E-state index contributed by atoms with van der Waals surface area (Å²) >= 11 is 5.83. The summed E-state index contributed by atoms with van der Waals surface area (Å²) in [7, 11) is 1.56. The van der Waals surface area contributed by atoms with Crippen LogP contribution < -0.4 is 10.1 Å². The highest BCUT2D eigenvalue weighted by molar-refractivity contribution is 8.15. The van der Waals surface area contributed by atoms with Crippen LogP contribution in [0.15, 0.2) is 53.5 Å². The van der Waals surface area contributed by atoms with Gasteiger partial charge in [-0.25, -0.2) is 9.79 Å². The van der Waals surface area contributed by atoms with E-state index in [1.54, 1.807) is 38.2 Å². The van der Waals surface area contributed by atoms with Crippen molar-refractivity contribution in [1.82, 2.24) is 4.90 Å². The third-order valence-corrected chi connectivity index (χ3v) is 5.84. The maximum absolute atomic E-state index is 12.7. The van der Waals surface area contributed by atoms with E-state index in [1.807, 2.05) is 0 Å². The van der Waals surface area contributed by atoms with Crippen LogP contribution in [0, 0.1) is 0 Å². The Morgan fingerprint density at radius 2 is 1.85 bits per heavy atom. The minimum atomic E-state index is -3.84. The molecule has 180 valence electrons. The lowest BCUT2D eigenvalue weighted by molar-refractivity contribution is -0.128. The lowest BCUT2D eigenvalue weighted by Gasteiger charge is -2.28. The zero-order valence-corrected chi connectivity index (χ0v) is 19.7. The Morgan fingerprint density at radius 1 is 1.21 bits per heavy atom. The molecule has 0 aromatic heterocycles. The molecule has 0 unspecified atom stereocenters. The number of halogens is 3. The van der Waals surface area contributed by atoms with E-state index in [0.717, 1.165) is 11.8 Å². The van der Waals surface area contributed by atoms with Gasteiger partial charge in [-0.05, 0) is 55.5 Å². The molecular formula is C22H20ClF2N3O5S. The minimum absolute atomic E-state index is 0.0481. The first-order chi connectivity index (χ1) is 16.1. The number of alkyl halides is 3. The van der Waals surface area contributed by atoms with E-state index >= 15 is 0 Å². The summed E-state index contributed by atoms with van der Waals surface area (Å²) in [5.74, 6) is -1.37. The van der Waals surface area contributed by atoms with Gasteiger partial charge in [0.05, 0.1) is 17.9 Å². The summed E-state index contributed by atoms with van der Waals surface area (Å²) in [5, 5.41) is 2.19. The van der Waals surface area contributed by atoms with Gasteiger partial charge in [-0.3, -0.25) is 14.5 Å². The van der Waals surface area contributed by atoms with Crippen LogP contribution in [0.4, 0.5) is 20.2 Å². The van der Waals surface area contributed by atoms with Crippen LogP contribution in [0.5, 0.6) is 5.75 Å². The van der Waals surface area contributed by atoms with Gasteiger partial charge in [0, 0.05) is 30.8 Å². The first-order valence-electron chi connectivity index (χ1n) is 10.0. The Labute approximate surface area is 203 Å². The van der Waals surface area contributed by atoms with Gasteiger partial charge in [-0.1, -0.05) is 11.8 Å². The van der Waals surface area contributed by atoms with E-state index in [2.05, 4.69) is 15.0 Å². The van der Waals surface area contributed by atoms with Crippen LogP contribution in [0.25, 0.3) is 0 Å². The minimum Gasteiger partial charge on any atom is -0.462 e. The van der Waals surface area contributed by atoms with E-state index < -0.39 is 22.7 Å². The highest BCUT2D eigenvalue weighted by Crippen LogP contribution is 2.30. The SMILES string of the molecule is CCOC(=O)c1ccc(N=C2S[C@@H](C(=O)Nc3ccc(OC(F)(F)Cl)cc3)CC(=O)N2C)cc1. The third kappa shape index (κ3) is 6.91. The van der Waals surface area contributed by atoms with Crippen molar-refractivity contribution in [2.45, 2.75) is 24.2 Å². The molecular weight excluding hydrogens is 492 g/mol. The summed E-state index contributed by atoms with van der Waals surface area (Å²) in [6.45, 7) is 1.97. The molecule has 2 aromatic rings. The normalized spacial score (nSPS) is 17.4. The highest BCUT2D eigenvalue weighted by atomic mass is 35.5. The lowest BCUT2D eigenvalue weighted by Crippen LogP contribution is -2.43. The number of nitrogens with zero attached hydrogens (tertiary/aromatic N) is 2. The van der Waals surface area contributed by atoms with E-state index in [-0.39, 0.29) is 24.7 Å². The van der Waals surface area contributed by atoms with Crippen molar-refractivity contribution in [1.29, 1.82) is 0 Å². The maximum atomic E-state index is 12.7. The number of rotatable bonds is 7. The number of anilines is 1. The summed E-state index contributed by atoms with van der Waals surface area (Å²) in [5.41, 5.74) is -2.65. The van der Waals surface area contributed by atoms with Crippen molar-refractivity contribution < 1.29 is 32.6 Å². The standard InChI is InChI=1S/C22H20ClF2N3O5S/c1-3-32-20(31)13-4-6-15(7-5-13)27-21-28(2)18(29)12-17(34-21)19(30)26-14-8-10-16(11-9-14)33-22(23,24)25/h4-11,17H,3,12H2,1-2H3,(H,26,30)/t17-/m1/s1. The molecule has 12 heteroatoms. The number of hydrogen-bond donors (Lipinski definition) is 1. The molecule has 1 N–H and O–H groups in total. The van der Waals surface area contributed by atoms with E-state index in [0.29, 0.717) is 22.1 Å². The number of hydrogen-bond acceptors (Lipinski definition) is 7. The number of carbonyl (C=O) groups excluding carboxylic acids is 3. The maximum Gasteiger partial charge on any atom is 0.487 e. The first kappa shape index (κ1) is 25.4.